The van der Waals surface area contributed by atoms with Crippen LogP contribution in [0, 0.1) is 0 Å². The predicted octanol–water partition coefficient (Wildman–Crippen LogP) is -4.20. The van der Waals surface area contributed by atoms with Gasteiger partial charge in [0.2, 0.25) is 0 Å². The van der Waals surface area contributed by atoms with Gasteiger partial charge in [-0.3, -0.25) is 14.4 Å². The van der Waals surface area contributed by atoms with Crippen molar-refractivity contribution in [3.8, 4) is 0 Å². The van der Waals surface area contributed by atoms with Crippen molar-refractivity contribution in [3.63, 3.8) is 0 Å². The van der Waals surface area contributed by atoms with E-state index in [4.69, 9.17) is 29.7 Å². The third-order valence-electron chi connectivity index (χ3n) is 0. The minimum absolute atomic E-state index is 0. The van der Waals surface area contributed by atoms with E-state index in [1.54, 1.807) is 0 Å². The van der Waals surface area contributed by atoms with Gasteiger partial charge in [-0.25, -0.2) is 0 Å². The van der Waals surface area contributed by atoms with Crippen LogP contribution in [0.5, 0.6) is 0 Å². The van der Waals surface area contributed by atoms with Crippen LogP contribution in [-0.4, -0.2) is 56.6 Å². The maximum absolute atomic E-state index is 8.36. The van der Waals surface area contributed by atoms with Gasteiger partial charge in [-0.05, 0) is 0 Å². The summed E-state index contributed by atoms with van der Waals surface area (Å²) in [7, 11) is 0. The second-order valence-corrected chi connectivity index (χ2v) is 0.316. The summed E-state index contributed by atoms with van der Waals surface area (Å²) in [6.07, 6.45) is 0. The van der Waals surface area contributed by atoms with E-state index in [0.29, 0.717) is 0 Å². The van der Waals surface area contributed by atoms with E-state index in [2.05, 4.69) is 0 Å². The third-order valence-corrected chi connectivity index (χ3v) is 0. The molecule has 0 spiro atoms. The van der Waals surface area contributed by atoms with E-state index < -0.39 is 0 Å². The molecule has 0 aromatic carbocycles. The number of rotatable bonds is 0. The van der Waals surface area contributed by atoms with Crippen LogP contribution in [0.15, 0.2) is 0 Å². The summed E-state index contributed by atoms with van der Waals surface area (Å²) < 4.78 is 0. The largest absolute Gasteiger partial charge is 0.483 e. The molecular weight excluding hydrogens is 285 g/mol. The molecule has 1 radical (unpaired) electrons. The van der Waals surface area contributed by atoms with Crippen LogP contribution in [-0.2, 0) is 47.1 Å². The van der Waals surface area contributed by atoms with Crippen molar-refractivity contribution >= 4 is 19.4 Å². The van der Waals surface area contributed by atoms with E-state index in [-0.39, 0.29) is 74.0 Å². The molecular formula is C3H14O10Y. The topological polar surface area (TPSA) is 238 Å². The van der Waals surface area contributed by atoms with E-state index >= 15 is 0 Å². The smallest absolute Gasteiger partial charge is 0.290 e. The molecule has 11 N–H and O–H groups in total. The van der Waals surface area contributed by atoms with Gasteiger partial charge >= 0.3 is 0 Å². The van der Waals surface area contributed by atoms with Gasteiger partial charge < -0.3 is 37.2 Å². The molecule has 0 aliphatic rings. The Balaban J connectivity index is -0.00000000545. The minimum atomic E-state index is -0.250. The molecule has 0 unspecified atom stereocenters. The predicted molar refractivity (Wildman–Crippen MR) is 40.5 cm³/mol. The standard InChI is InChI=1S/3CH2O2.4H2O.Y/c3*2-1-3;;;;;/h3*1H,(H,2,3);4*1H2;. The molecule has 0 bridgehead atoms. The molecule has 14 heavy (non-hydrogen) atoms. The number of carboxylic acid groups (broad SMARTS) is 3. The molecule has 0 atom stereocenters. The van der Waals surface area contributed by atoms with Gasteiger partial charge in [-0.1, -0.05) is 0 Å². The van der Waals surface area contributed by atoms with Crippen molar-refractivity contribution in [1.29, 1.82) is 0 Å². The molecule has 0 saturated carbocycles. The molecule has 0 rings (SSSR count). The van der Waals surface area contributed by atoms with Crippen LogP contribution in [0.4, 0.5) is 0 Å². The Bertz CT molecular complexity index is 52.1. The van der Waals surface area contributed by atoms with E-state index in [9.17, 15) is 0 Å². The van der Waals surface area contributed by atoms with Gasteiger partial charge in [0.25, 0.3) is 19.4 Å². The Kier molecular flexibility index (Phi) is 1460. The second-order valence-electron chi connectivity index (χ2n) is 0.316. The quantitative estimate of drug-likeness (QED) is 0.374. The second kappa shape index (κ2) is 287. The van der Waals surface area contributed by atoms with Crippen LogP contribution < -0.4 is 0 Å². The Labute approximate surface area is 104 Å². The van der Waals surface area contributed by atoms with Crippen molar-refractivity contribution < 1.29 is 84.3 Å². The maximum atomic E-state index is 8.36. The van der Waals surface area contributed by atoms with Gasteiger partial charge in [0.05, 0.1) is 0 Å². The van der Waals surface area contributed by atoms with E-state index in [1.807, 2.05) is 0 Å². The molecule has 10 nitrogen and oxygen atoms in total. The normalized spacial score (nSPS) is 2.57. The first kappa shape index (κ1) is 71.1. The summed E-state index contributed by atoms with van der Waals surface area (Å²) in [6, 6.07) is 0. The van der Waals surface area contributed by atoms with E-state index in [1.165, 1.54) is 0 Å². The Hall–Kier alpha value is -0.646. The molecule has 0 saturated heterocycles. The van der Waals surface area contributed by atoms with E-state index in [0.717, 1.165) is 0 Å². The minimum Gasteiger partial charge on any atom is -0.483 e. The molecule has 0 fully saturated rings. The summed E-state index contributed by atoms with van der Waals surface area (Å²) in [5, 5.41) is 20.7. The van der Waals surface area contributed by atoms with Crippen molar-refractivity contribution in [2.45, 2.75) is 0 Å². The first-order chi connectivity index (χ1) is 4.24. The molecule has 0 aromatic heterocycles. The molecule has 0 aliphatic heterocycles. The van der Waals surface area contributed by atoms with Gasteiger partial charge in [-0.15, -0.1) is 0 Å². The maximum Gasteiger partial charge on any atom is 0.290 e. The third kappa shape index (κ3) is 2920. The fourth-order valence-corrected chi connectivity index (χ4v) is 0. The first-order valence-corrected chi connectivity index (χ1v) is 1.48. The SMILES string of the molecule is O.O.O.O.O=CO.O=CO.O=CO.[Y]. The zero-order chi connectivity index (χ0) is 8.12. The summed E-state index contributed by atoms with van der Waals surface area (Å²) in [5.41, 5.74) is 0. The average Bonchev–Trinajstić information content (AvgIpc) is 1.70. The van der Waals surface area contributed by atoms with Crippen LogP contribution in [0.1, 0.15) is 0 Å². The van der Waals surface area contributed by atoms with Gasteiger partial charge in [0.1, 0.15) is 0 Å². The average molecular weight is 299 g/mol. The first-order valence-electron chi connectivity index (χ1n) is 1.48. The number of hydrogen-bond acceptors (Lipinski definition) is 3. The van der Waals surface area contributed by atoms with Gasteiger partial charge in [0.15, 0.2) is 0 Å². The molecule has 0 aliphatic carbocycles. The van der Waals surface area contributed by atoms with Gasteiger partial charge in [0, 0.05) is 32.7 Å². The van der Waals surface area contributed by atoms with Crippen LogP contribution in [0.2, 0.25) is 0 Å². The zero-order valence-electron chi connectivity index (χ0n) is 6.88. The summed E-state index contributed by atoms with van der Waals surface area (Å²) in [4.78, 5) is 25.1. The van der Waals surface area contributed by atoms with Gasteiger partial charge in [-0.2, -0.15) is 0 Å². The van der Waals surface area contributed by atoms with Crippen molar-refractivity contribution in [3.05, 3.63) is 0 Å². The molecule has 0 amide bonds. The monoisotopic (exact) mass is 299 g/mol. The summed E-state index contributed by atoms with van der Waals surface area (Å²) in [5.74, 6) is 0. The number of hydrogen-bond donors (Lipinski definition) is 3. The van der Waals surface area contributed by atoms with Crippen LogP contribution in [0.3, 0.4) is 0 Å². The van der Waals surface area contributed by atoms with Crippen molar-refractivity contribution in [2.24, 2.45) is 0 Å². The van der Waals surface area contributed by atoms with Crippen LogP contribution in [0.25, 0.3) is 0 Å². The Morgan fingerprint density at radius 3 is 0.571 bits per heavy atom. The Morgan fingerprint density at radius 1 is 0.571 bits per heavy atom. The molecule has 0 aromatic rings. The molecule has 89 valence electrons. The fraction of sp³-hybridized carbons (Fsp3) is 0. The van der Waals surface area contributed by atoms with Crippen LogP contribution >= 0.6 is 0 Å². The van der Waals surface area contributed by atoms with Crippen molar-refractivity contribution in [1.82, 2.24) is 0 Å². The summed E-state index contributed by atoms with van der Waals surface area (Å²) in [6.45, 7) is -0.750. The number of carbonyl (C=O) groups is 3. The summed E-state index contributed by atoms with van der Waals surface area (Å²) >= 11 is 0. The Morgan fingerprint density at radius 2 is 0.571 bits per heavy atom. The fourth-order valence-electron chi connectivity index (χ4n) is 0. The zero-order valence-corrected chi connectivity index (χ0v) is 9.71. The molecule has 11 heteroatoms. The molecule has 0 heterocycles. The van der Waals surface area contributed by atoms with Crippen molar-refractivity contribution in [2.75, 3.05) is 0 Å².